The van der Waals surface area contributed by atoms with Gasteiger partial charge in [-0.25, -0.2) is 19.3 Å². The number of ether oxygens (including phenoxy) is 1. The number of nitrogens with one attached hydrogen (secondary N) is 1. The van der Waals surface area contributed by atoms with Crippen LogP contribution in [-0.2, 0) is 9.53 Å². The van der Waals surface area contributed by atoms with Crippen LogP contribution in [0.15, 0.2) is 18.3 Å². The number of aryl methyl sites for hydroxylation is 1. The number of nitrogens with zero attached hydrogens (tertiary/aromatic N) is 4. The van der Waals surface area contributed by atoms with E-state index in [-0.39, 0.29) is 24.4 Å². The molecule has 3 aromatic rings. The van der Waals surface area contributed by atoms with E-state index in [1.54, 1.807) is 6.20 Å². The number of rotatable bonds is 4. The van der Waals surface area contributed by atoms with Gasteiger partial charge in [-0.2, -0.15) is 0 Å². The summed E-state index contributed by atoms with van der Waals surface area (Å²) in [5, 5.41) is 10.6. The predicted molar refractivity (Wildman–Crippen MR) is 117 cm³/mol. The van der Waals surface area contributed by atoms with Crippen molar-refractivity contribution in [2.75, 3.05) is 18.5 Å². The van der Waals surface area contributed by atoms with Crippen LogP contribution in [0.3, 0.4) is 0 Å². The van der Waals surface area contributed by atoms with Crippen LogP contribution in [0.25, 0.3) is 22.3 Å². The molecule has 0 unspecified atom stereocenters. The number of fused-ring (bicyclic) bond motifs is 1. The van der Waals surface area contributed by atoms with Gasteiger partial charge in [-0.3, -0.25) is 4.79 Å². The van der Waals surface area contributed by atoms with Crippen LogP contribution in [0, 0.1) is 12.7 Å². The zero-order valence-corrected chi connectivity index (χ0v) is 18.4. The molecule has 0 aliphatic carbocycles. The number of aromatic nitrogens is 4. The van der Waals surface area contributed by atoms with Crippen molar-refractivity contribution in [2.45, 2.75) is 45.7 Å². The monoisotopic (exact) mass is 449 g/mol. The lowest BCUT2D eigenvalue weighted by molar-refractivity contribution is -0.122. The highest BCUT2D eigenvalue weighted by Gasteiger charge is 2.19. The minimum Gasteiger partial charge on any atom is -0.483 e. The van der Waals surface area contributed by atoms with Crippen molar-refractivity contribution in [3.8, 4) is 11.3 Å². The van der Waals surface area contributed by atoms with Crippen molar-refractivity contribution < 1.29 is 19.0 Å². The van der Waals surface area contributed by atoms with E-state index >= 15 is 0 Å². The zero-order valence-electron chi connectivity index (χ0n) is 17.6. The maximum atomic E-state index is 14.8. The summed E-state index contributed by atoms with van der Waals surface area (Å²) in [6.45, 7) is 7.17. The van der Waals surface area contributed by atoms with Crippen molar-refractivity contribution in [2.24, 2.45) is 0 Å². The molecule has 1 aliphatic heterocycles. The van der Waals surface area contributed by atoms with Crippen LogP contribution >= 0.6 is 11.6 Å². The molecule has 0 radical (unpaired) electrons. The molecule has 166 valence electrons. The molecule has 3 heterocycles. The Morgan fingerprint density at radius 3 is 2.65 bits per heavy atom. The fourth-order valence-electron chi connectivity index (χ4n) is 3.72. The number of benzene rings is 1. The van der Waals surface area contributed by atoms with Crippen molar-refractivity contribution >= 4 is 35.1 Å². The summed E-state index contributed by atoms with van der Waals surface area (Å²) < 4.78 is 22.2. The first-order valence-electron chi connectivity index (χ1n) is 9.98. The summed E-state index contributed by atoms with van der Waals surface area (Å²) in [5.74, 6) is 0.876. The Balaban J connectivity index is 0.000000858. The summed E-state index contributed by atoms with van der Waals surface area (Å²) in [4.78, 5) is 21.6. The molecule has 8 nitrogen and oxygen atoms in total. The van der Waals surface area contributed by atoms with Gasteiger partial charge >= 0.3 is 0 Å². The van der Waals surface area contributed by atoms with E-state index in [4.69, 9.17) is 26.2 Å². The number of halogens is 2. The summed E-state index contributed by atoms with van der Waals surface area (Å²) in [7, 11) is 0. The van der Waals surface area contributed by atoms with Gasteiger partial charge in [0.15, 0.2) is 5.82 Å². The SMILES string of the molecule is Cc1nc2c(F)cc(-c3nc(NC4CCOCC4)ncc3Cl)cc2n1C(C)C.O=CO. The average Bonchev–Trinajstić information content (AvgIpc) is 3.07. The van der Waals surface area contributed by atoms with E-state index in [0.717, 1.165) is 37.4 Å². The van der Waals surface area contributed by atoms with Gasteiger partial charge < -0.3 is 19.7 Å². The van der Waals surface area contributed by atoms with Crippen molar-refractivity contribution in [3.05, 3.63) is 35.0 Å². The quantitative estimate of drug-likeness (QED) is 0.566. The Bertz CT molecular complexity index is 1070. The fraction of sp³-hybridized carbons (Fsp3) is 0.429. The molecule has 4 rings (SSSR count). The van der Waals surface area contributed by atoms with Gasteiger partial charge in [0.2, 0.25) is 5.95 Å². The predicted octanol–water partition coefficient (Wildman–Crippen LogP) is 4.47. The highest BCUT2D eigenvalue weighted by molar-refractivity contribution is 6.33. The topological polar surface area (TPSA) is 102 Å². The van der Waals surface area contributed by atoms with Crippen molar-refractivity contribution in [1.29, 1.82) is 0 Å². The molecule has 0 amide bonds. The van der Waals surface area contributed by atoms with E-state index < -0.39 is 0 Å². The number of hydrogen-bond acceptors (Lipinski definition) is 6. The highest BCUT2D eigenvalue weighted by atomic mass is 35.5. The number of carbonyl (C=O) groups is 1. The molecule has 31 heavy (non-hydrogen) atoms. The molecular formula is C21H25ClFN5O3. The van der Waals surface area contributed by atoms with E-state index in [1.165, 1.54) is 6.07 Å². The molecule has 1 saturated heterocycles. The van der Waals surface area contributed by atoms with E-state index in [0.29, 0.717) is 27.7 Å². The minimum atomic E-state index is -0.386. The second-order valence-electron chi connectivity index (χ2n) is 7.48. The molecule has 0 saturated carbocycles. The third kappa shape index (κ3) is 5.11. The first-order chi connectivity index (χ1) is 14.8. The Morgan fingerprint density at radius 1 is 1.32 bits per heavy atom. The summed E-state index contributed by atoms with van der Waals surface area (Å²) >= 11 is 6.37. The molecule has 0 atom stereocenters. The maximum Gasteiger partial charge on any atom is 0.290 e. The summed E-state index contributed by atoms with van der Waals surface area (Å²) in [5.41, 5.74) is 2.20. The van der Waals surface area contributed by atoms with E-state index in [2.05, 4.69) is 20.3 Å². The maximum absolute atomic E-state index is 14.8. The van der Waals surface area contributed by atoms with Gasteiger partial charge in [-0.1, -0.05) is 11.6 Å². The van der Waals surface area contributed by atoms with Crippen molar-refractivity contribution in [1.82, 2.24) is 19.5 Å². The number of imidazole rings is 1. The molecule has 2 aromatic heterocycles. The summed E-state index contributed by atoms with van der Waals surface area (Å²) in [6.07, 6.45) is 3.35. The lowest BCUT2D eigenvalue weighted by atomic mass is 10.1. The number of hydrogen-bond donors (Lipinski definition) is 2. The molecule has 1 fully saturated rings. The van der Waals surface area contributed by atoms with Gasteiger partial charge in [0.25, 0.3) is 6.47 Å². The van der Waals surface area contributed by atoms with Crippen LogP contribution in [0.2, 0.25) is 5.02 Å². The van der Waals surface area contributed by atoms with Crippen LogP contribution in [-0.4, -0.2) is 50.4 Å². The molecule has 10 heteroatoms. The van der Waals surface area contributed by atoms with Gasteiger partial charge in [-0.05, 0) is 45.7 Å². The van der Waals surface area contributed by atoms with Gasteiger partial charge in [0.05, 0.1) is 22.4 Å². The Kier molecular flexibility index (Phi) is 7.40. The Morgan fingerprint density at radius 2 is 2.00 bits per heavy atom. The fourth-order valence-corrected chi connectivity index (χ4v) is 3.92. The van der Waals surface area contributed by atoms with E-state index in [9.17, 15) is 4.39 Å². The summed E-state index contributed by atoms with van der Waals surface area (Å²) in [6, 6.07) is 3.75. The second-order valence-corrected chi connectivity index (χ2v) is 7.88. The Hall–Kier alpha value is -2.78. The molecular weight excluding hydrogens is 425 g/mol. The van der Waals surface area contributed by atoms with Crippen molar-refractivity contribution in [3.63, 3.8) is 0 Å². The largest absolute Gasteiger partial charge is 0.483 e. The molecule has 2 N–H and O–H groups in total. The smallest absolute Gasteiger partial charge is 0.290 e. The van der Waals surface area contributed by atoms with Crippen LogP contribution in [0.4, 0.5) is 10.3 Å². The van der Waals surface area contributed by atoms with E-state index in [1.807, 2.05) is 31.4 Å². The standard InChI is InChI=1S/C20H23ClFN5O.CH2O2/c1-11(2)27-12(3)24-19-16(22)8-13(9-17(19)27)18-15(21)10-23-20(26-18)25-14-4-6-28-7-5-14;2-1-3/h8-11,14H,4-7H2,1-3H3,(H,23,25,26);1H,(H,2,3). The second kappa shape index (κ2) is 10.0. The van der Waals surface area contributed by atoms with Gasteiger partial charge in [0, 0.05) is 30.9 Å². The van der Waals surface area contributed by atoms with Gasteiger partial charge in [-0.15, -0.1) is 0 Å². The lowest BCUT2D eigenvalue weighted by Gasteiger charge is -2.23. The van der Waals surface area contributed by atoms with Crippen LogP contribution in [0.5, 0.6) is 0 Å². The minimum absolute atomic E-state index is 0.159. The highest BCUT2D eigenvalue weighted by Crippen LogP contribution is 2.32. The average molecular weight is 450 g/mol. The van der Waals surface area contributed by atoms with Gasteiger partial charge in [0.1, 0.15) is 11.3 Å². The first kappa shape index (κ1) is 22.9. The lowest BCUT2D eigenvalue weighted by Crippen LogP contribution is -2.28. The number of carboxylic acid groups (broad SMARTS) is 1. The van der Waals surface area contributed by atoms with Crippen LogP contribution in [0.1, 0.15) is 38.6 Å². The third-order valence-electron chi connectivity index (χ3n) is 5.01. The zero-order chi connectivity index (χ0) is 22.5. The third-order valence-corrected chi connectivity index (χ3v) is 5.29. The first-order valence-corrected chi connectivity index (χ1v) is 10.4. The molecule has 1 aliphatic rings. The molecule has 0 bridgehead atoms. The normalized spacial score (nSPS) is 14.4. The number of anilines is 1. The van der Waals surface area contributed by atoms with Crippen LogP contribution < -0.4 is 5.32 Å². The molecule has 0 spiro atoms. The Labute approximate surface area is 184 Å². The molecule has 1 aromatic carbocycles.